The van der Waals surface area contributed by atoms with E-state index in [1.165, 1.54) is 0 Å². The molecule has 4 unspecified atom stereocenters. The zero-order chi connectivity index (χ0) is 9.72. The largest absolute Gasteiger partial charge is 0.393 e. The molecule has 12 heavy (non-hydrogen) atoms. The van der Waals surface area contributed by atoms with Crippen molar-refractivity contribution in [3.63, 3.8) is 0 Å². The Hall–Kier alpha value is 1.42. The first-order valence-corrected chi connectivity index (χ1v) is 7.16. The third kappa shape index (κ3) is 4.60. The number of hydrogen-bond donors (Lipinski definition) is 1. The van der Waals surface area contributed by atoms with Gasteiger partial charge in [0, 0.05) is 3.92 Å². The molecule has 0 aromatic heterocycles. The molecular formula is C9H18I2O. The first-order chi connectivity index (χ1) is 5.50. The predicted octanol–water partition coefficient (Wildman–Crippen LogP) is 3.27. The van der Waals surface area contributed by atoms with Crippen molar-refractivity contribution in [2.24, 2.45) is 11.8 Å². The highest BCUT2D eigenvalue weighted by molar-refractivity contribution is 14.1. The Morgan fingerprint density at radius 1 is 1.25 bits per heavy atom. The molecule has 0 aromatic carbocycles. The Labute approximate surface area is 103 Å². The van der Waals surface area contributed by atoms with Crippen molar-refractivity contribution in [3.05, 3.63) is 0 Å². The average molecular weight is 396 g/mol. The fourth-order valence-corrected chi connectivity index (χ4v) is 2.54. The Bertz CT molecular complexity index is 117. The molecule has 1 N–H and O–H groups in total. The fraction of sp³-hybridized carbons (Fsp3) is 1.00. The minimum Gasteiger partial charge on any atom is -0.393 e. The molecule has 74 valence electrons. The lowest BCUT2D eigenvalue weighted by Gasteiger charge is -2.26. The van der Waals surface area contributed by atoms with Crippen molar-refractivity contribution >= 4 is 45.2 Å². The molecule has 0 fully saturated rings. The fourth-order valence-electron chi connectivity index (χ4n) is 1.13. The lowest BCUT2D eigenvalue weighted by molar-refractivity contribution is 0.0664. The highest BCUT2D eigenvalue weighted by Gasteiger charge is 2.23. The first kappa shape index (κ1) is 13.4. The van der Waals surface area contributed by atoms with Gasteiger partial charge < -0.3 is 5.11 Å². The highest BCUT2D eigenvalue weighted by Crippen LogP contribution is 2.23. The van der Waals surface area contributed by atoms with E-state index in [9.17, 15) is 5.11 Å². The van der Waals surface area contributed by atoms with Crippen LogP contribution in [0.4, 0.5) is 0 Å². The molecule has 0 spiro atoms. The molecule has 0 aliphatic heterocycles. The van der Waals surface area contributed by atoms with Crippen molar-refractivity contribution in [2.75, 3.05) is 4.43 Å². The van der Waals surface area contributed by atoms with Crippen LogP contribution in [0.1, 0.15) is 27.2 Å². The maximum absolute atomic E-state index is 9.88. The van der Waals surface area contributed by atoms with Crippen molar-refractivity contribution in [1.82, 2.24) is 0 Å². The van der Waals surface area contributed by atoms with Gasteiger partial charge in [-0.15, -0.1) is 0 Å². The van der Waals surface area contributed by atoms with Crippen LogP contribution >= 0.6 is 45.2 Å². The van der Waals surface area contributed by atoms with Crippen molar-refractivity contribution in [3.8, 4) is 0 Å². The Kier molecular flexibility index (Phi) is 7.62. The van der Waals surface area contributed by atoms with Crippen LogP contribution < -0.4 is 0 Å². The van der Waals surface area contributed by atoms with Crippen LogP contribution in [0.25, 0.3) is 0 Å². The smallest absolute Gasteiger partial charge is 0.0601 e. The molecule has 0 heterocycles. The molecule has 0 aromatic rings. The van der Waals surface area contributed by atoms with Crippen molar-refractivity contribution in [2.45, 2.75) is 37.2 Å². The second kappa shape index (κ2) is 6.81. The van der Waals surface area contributed by atoms with Gasteiger partial charge in [-0.25, -0.2) is 0 Å². The van der Waals surface area contributed by atoms with E-state index in [0.717, 1.165) is 10.8 Å². The monoisotopic (exact) mass is 396 g/mol. The van der Waals surface area contributed by atoms with Crippen LogP contribution in [-0.4, -0.2) is 19.6 Å². The van der Waals surface area contributed by atoms with Gasteiger partial charge in [-0.05, 0) is 22.7 Å². The van der Waals surface area contributed by atoms with Crippen LogP contribution in [0, 0.1) is 11.8 Å². The second-order valence-electron chi connectivity index (χ2n) is 3.48. The summed E-state index contributed by atoms with van der Waals surface area (Å²) in [6.07, 6.45) is 0.988. The van der Waals surface area contributed by atoms with Crippen LogP contribution in [0.2, 0.25) is 0 Å². The molecule has 1 nitrogen and oxygen atoms in total. The van der Waals surface area contributed by atoms with E-state index in [-0.39, 0.29) is 6.10 Å². The minimum atomic E-state index is -0.133. The van der Waals surface area contributed by atoms with Crippen molar-refractivity contribution < 1.29 is 5.11 Å². The van der Waals surface area contributed by atoms with E-state index in [2.05, 4.69) is 66.0 Å². The maximum Gasteiger partial charge on any atom is 0.0601 e. The summed E-state index contributed by atoms with van der Waals surface area (Å²) in [5.74, 6) is 0.845. The lowest BCUT2D eigenvalue weighted by Crippen LogP contribution is -2.30. The molecule has 0 saturated heterocycles. The Morgan fingerprint density at radius 2 is 1.75 bits per heavy atom. The van der Waals surface area contributed by atoms with Gasteiger partial charge in [0.1, 0.15) is 0 Å². The number of alkyl halides is 2. The molecule has 0 bridgehead atoms. The molecule has 0 aliphatic carbocycles. The van der Waals surface area contributed by atoms with Crippen LogP contribution in [0.5, 0.6) is 0 Å². The molecule has 0 aliphatic rings. The third-order valence-corrected chi connectivity index (χ3v) is 4.17. The molecule has 0 saturated carbocycles. The van der Waals surface area contributed by atoms with Crippen LogP contribution in [0.3, 0.4) is 0 Å². The normalized spacial score (nSPS) is 21.5. The number of hydrogen-bond acceptors (Lipinski definition) is 1. The number of rotatable bonds is 5. The zero-order valence-corrected chi connectivity index (χ0v) is 12.2. The predicted molar refractivity (Wildman–Crippen MR) is 71.3 cm³/mol. The molecule has 3 heteroatoms. The zero-order valence-electron chi connectivity index (χ0n) is 7.93. The van der Waals surface area contributed by atoms with Crippen molar-refractivity contribution in [1.29, 1.82) is 0 Å². The summed E-state index contributed by atoms with van der Waals surface area (Å²) in [6.45, 7) is 6.43. The lowest BCUT2D eigenvalue weighted by atomic mass is 9.90. The van der Waals surface area contributed by atoms with Crippen LogP contribution in [0.15, 0.2) is 0 Å². The average Bonchev–Trinajstić information content (AvgIpc) is 2.02. The van der Waals surface area contributed by atoms with Gasteiger partial charge in [-0.1, -0.05) is 66.0 Å². The molecule has 0 amide bonds. The van der Waals surface area contributed by atoms with Gasteiger partial charge >= 0.3 is 0 Å². The van der Waals surface area contributed by atoms with Crippen LogP contribution in [-0.2, 0) is 0 Å². The van der Waals surface area contributed by atoms with Gasteiger partial charge in [0.2, 0.25) is 0 Å². The molecular weight excluding hydrogens is 378 g/mol. The quantitative estimate of drug-likeness (QED) is 0.559. The number of halogens is 2. The van der Waals surface area contributed by atoms with E-state index in [1.807, 2.05) is 0 Å². The summed E-state index contributed by atoms with van der Waals surface area (Å²) >= 11 is 4.75. The van der Waals surface area contributed by atoms with E-state index in [0.29, 0.717) is 15.8 Å². The number of aliphatic hydroxyl groups is 1. The summed E-state index contributed by atoms with van der Waals surface area (Å²) < 4.78 is 1.69. The third-order valence-electron chi connectivity index (χ3n) is 2.41. The van der Waals surface area contributed by atoms with Gasteiger partial charge in [-0.3, -0.25) is 0 Å². The summed E-state index contributed by atoms with van der Waals surface area (Å²) in [5.41, 5.74) is 0. The van der Waals surface area contributed by atoms with Gasteiger partial charge in [0.05, 0.1) is 6.10 Å². The molecule has 0 rings (SSSR count). The standard InChI is InChI=1S/C9H18I2O/c1-6(4-5-10)9(12)7(2)8(3)11/h6-9,12H,4-5H2,1-3H3. The minimum absolute atomic E-state index is 0.133. The van der Waals surface area contributed by atoms with Gasteiger partial charge in [0.15, 0.2) is 0 Å². The van der Waals surface area contributed by atoms with E-state index in [4.69, 9.17) is 0 Å². The summed E-state index contributed by atoms with van der Waals surface area (Å²) in [4.78, 5) is 0. The Morgan fingerprint density at radius 3 is 2.08 bits per heavy atom. The topological polar surface area (TPSA) is 20.2 Å². The molecule has 4 atom stereocenters. The highest BCUT2D eigenvalue weighted by atomic mass is 127. The van der Waals surface area contributed by atoms with Gasteiger partial charge in [0.25, 0.3) is 0 Å². The first-order valence-electron chi connectivity index (χ1n) is 4.38. The van der Waals surface area contributed by atoms with E-state index < -0.39 is 0 Å². The SMILES string of the molecule is CC(I)C(C)C(O)C(C)CCI. The summed E-state index contributed by atoms with van der Waals surface area (Å²) in [7, 11) is 0. The number of aliphatic hydroxyl groups excluding tert-OH is 1. The summed E-state index contributed by atoms with van der Waals surface area (Å²) in [5, 5.41) is 9.88. The molecule has 0 radical (unpaired) electrons. The second-order valence-corrected chi connectivity index (χ2v) is 6.53. The van der Waals surface area contributed by atoms with E-state index in [1.54, 1.807) is 0 Å². The summed E-state index contributed by atoms with van der Waals surface area (Å²) in [6, 6.07) is 0. The van der Waals surface area contributed by atoms with Gasteiger partial charge in [-0.2, -0.15) is 0 Å². The van der Waals surface area contributed by atoms with E-state index >= 15 is 0 Å². The Balaban J connectivity index is 3.90. The maximum atomic E-state index is 9.88.